The van der Waals surface area contributed by atoms with Crippen LogP contribution in [0.4, 0.5) is 0 Å². The fourth-order valence-electron chi connectivity index (χ4n) is 2.18. The van der Waals surface area contributed by atoms with E-state index < -0.39 is 0 Å². The first-order valence-corrected chi connectivity index (χ1v) is 7.14. The van der Waals surface area contributed by atoms with Gasteiger partial charge in [0.1, 0.15) is 5.65 Å². The zero-order valence-corrected chi connectivity index (χ0v) is 11.4. The van der Waals surface area contributed by atoms with Crippen LogP contribution in [0.25, 0.3) is 22.3 Å². The van der Waals surface area contributed by atoms with Gasteiger partial charge in [0.2, 0.25) is 0 Å². The Morgan fingerprint density at radius 1 is 1.00 bits per heavy atom. The van der Waals surface area contributed by atoms with E-state index in [1.807, 2.05) is 36.8 Å². The summed E-state index contributed by atoms with van der Waals surface area (Å²) >= 11 is 1.72. The lowest BCUT2D eigenvalue weighted by Crippen LogP contribution is -1.90. The van der Waals surface area contributed by atoms with Crippen LogP contribution in [-0.2, 0) is 0 Å². The molecule has 4 rings (SSSR count). The molecule has 0 saturated carbocycles. The molecule has 0 fully saturated rings. The first-order valence-electron chi connectivity index (χ1n) is 6.32. The van der Waals surface area contributed by atoms with E-state index in [4.69, 9.17) is 0 Å². The third kappa shape index (κ3) is 1.92. The molecule has 3 heterocycles. The molecule has 20 heavy (non-hydrogen) atoms. The van der Waals surface area contributed by atoms with E-state index in [0.29, 0.717) is 0 Å². The van der Waals surface area contributed by atoms with Crippen LogP contribution in [0.2, 0.25) is 0 Å². The zero-order valence-electron chi connectivity index (χ0n) is 10.6. The fraction of sp³-hybridized carbons (Fsp3) is 0. The van der Waals surface area contributed by atoms with E-state index in [2.05, 4.69) is 38.4 Å². The molecule has 0 aliphatic rings. The Bertz CT molecular complexity index is 832. The maximum atomic E-state index is 4.49. The van der Waals surface area contributed by atoms with Crippen LogP contribution in [0, 0.1) is 0 Å². The molecule has 4 nitrogen and oxygen atoms in total. The first kappa shape index (κ1) is 11.4. The smallest absolute Gasteiger partial charge is 0.137 e. The van der Waals surface area contributed by atoms with Crippen molar-refractivity contribution in [2.24, 2.45) is 0 Å². The molecule has 0 bridgehead atoms. The number of aromatic nitrogens is 4. The van der Waals surface area contributed by atoms with Crippen LogP contribution in [0.15, 0.2) is 64.8 Å². The summed E-state index contributed by atoms with van der Waals surface area (Å²) in [6, 6.07) is 12.5. The molecule has 0 saturated heterocycles. The number of hydrogen-bond acceptors (Lipinski definition) is 2. The highest BCUT2D eigenvalue weighted by atomic mass is 32.2. The number of hydrogen-bond donors (Lipinski definition) is 3. The van der Waals surface area contributed by atoms with Gasteiger partial charge in [0.05, 0.1) is 5.69 Å². The summed E-state index contributed by atoms with van der Waals surface area (Å²) in [7, 11) is 0. The van der Waals surface area contributed by atoms with Crippen molar-refractivity contribution in [1.29, 1.82) is 0 Å². The topological polar surface area (TPSA) is 60.3 Å². The van der Waals surface area contributed by atoms with Crippen LogP contribution in [0.1, 0.15) is 0 Å². The van der Waals surface area contributed by atoms with Gasteiger partial charge in [-0.25, -0.2) is 4.98 Å². The molecule has 3 aromatic heterocycles. The average molecular weight is 280 g/mol. The monoisotopic (exact) mass is 280 g/mol. The fourth-order valence-corrected chi connectivity index (χ4v) is 3.02. The normalized spacial score (nSPS) is 11.2. The lowest BCUT2D eigenvalue weighted by molar-refractivity contribution is 0.975. The SMILES string of the molecule is c1ccc(Sc2cnc3[nH]cc(-c4c[nH][nH]4)c3c2)cc1. The van der Waals surface area contributed by atoms with E-state index in [1.54, 1.807) is 11.8 Å². The molecule has 0 aliphatic carbocycles. The van der Waals surface area contributed by atoms with Gasteiger partial charge < -0.3 is 10.1 Å². The van der Waals surface area contributed by atoms with Gasteiger partial charge in [0, 0.05) is 39.3 Å². The largest absolute Gasteiger partial charge is 0.345 e. The predicted octanol–water partition coefficient (Wildman–Crippen LogP) is 4.04. The Morgan fingerprint density at radius 2 is 1.85 bits per heavy atom. The van der Waals surface area contributed by atoms with E-state index in [9.17, 15) is 0 Å². The molecule has 0 amide bonds. The third-order valence-corrected chi connectivity index (χ3v) is 4.17. The van der Waals surface area contributed by atoms with Gasteiger partial charge in [-0.1, -0.05) is 30.0 Å². The second-order valence-electron chi connectivity index (χ2n) is 4.51. The van der Waals surface area contributed by atoms with Crippen molar-refractivity contribution in [2.45, 2.75) is 9.79 Å². The summed E-state index contributed by atoms with van der Waals surface area (Å²) in [5.41, 5.74) is 3.13. The predicted molar refractivity (Wildman–Crippen MR) is 80.8 cm³/mol. The van der Waals surface area contributed by atoms with Crippen molar-refractivity contribution in [3.8, 4) is 11.3 Å². The number of rotatable bonds is 3. The molecule has 1 aromatic carbocycles. The molecule has 3 N–H and O–H groups in total. The zero-order chi connectivity index (χ0) is 13.4. The number of nitrogens with zero attached hydrogens (tertiary/aromatic N) is 1. The lowest BCUT2D eigenvalue weighted by Gasteiger charge is -2.04. The number of benzene rings is 1. The number of H-pyrrole nitrogens is 3. The molecule has 0 atom stereocenters. The summed E-state index contributed by atoms with van der Waals surface area (Å²) in [6.07, 6.45) is 5.83. The molecular formula is C15H12N4S. The maximum Gasteiger partial charge on any atom is 0.137 e. The summed E-state index contributed by atoms with van der Waals surface area (Å²) in [4.78, 5) is 10.0. The molecule has 0 aliphatic heterocycles. The highest BCUT2D eigenvalue weighted by Crippen LogP contribution is 2.32. The first-order chi connectivity index (χ1) is 9.90. The second-order valence-corrected chi connectivity index (χ2v) is 5.66. The van der Waals surface area contributed by atoms with Crippen molar-refractivity contribution < 1.29 is 0 Å². The Morgan fingerprint density at radius 3 is 2.60 bits per heavy atom. The van der Waals surface area contributed by atoms with Crippen LogP contribution in [0.3, 0.4) is 0 Å². The van der Waals surface area contributed by atoms with E-state index in [0.717, 1.165) is 27.2 Å². The minimum Gasteiger partial charge on any atom is -0.345 e. The van der Waals surface area contributed by atoms with Crippen molar-refractivity contribution in [3.63, 3.8) is 0 Å². The van der Waals surface area contributed by atoms with Crippen molar-refractivity contribution in [1.82, 2.24) is 20.2 Å². The van der Waals surface area contributed by atoms with Crippen LogP contribution >= 0.6 is 11.8 Å². The Labute approximate surface area is 119 Å². The Hall–Kier alpha value is -2.40. The summed E-state index contributed by atoms with van der Waals surface area (Å²) < 4.78 is 0. The minimum atomic E-state index is 0.909. The Balaban J connectivity index is 1.75. The third-order valence-electron chi connectivity index (χ3n) is 3.20. The van der Waals surface area contributed by atoms with Gasteiger partial charge in [-0.15, -0.1) is 0 Å². The van der Waals surface area contributed by atoms with E-state index in [-0.39, 0.29) is 0 Å². The highest BCUT2D eigenvalue weighted by Gasteiger charge is 2.10. The van der Waals surface area contributed by atoms with Gasteiger partial charge in [-0.05, 0) is 18.2 Å². The number of fused-ring (bicyclic) bond motifs is 1. The molecule has 0 radical (unpaired) electrons. The molecule has 0 spiro atoms. The summed E-state index contributed by atoms with van der Waals surface area (Å²) in [5.74, 6) is 0. The Kier molecular flexibility index (Phi) is 2.63. The van der Waals surface area contributed by atoms with Crippen molar-refractivity contribution in [2.75, 3.05) is 0 Å². The molecule has 98 valence electrons. The molecule has 0 unspecified atom stereocenters. The molecular weight excluding hydrogens is 268 g/mol. The molecule has 4 aromatic rings. The second kappa shape index (κ2) is 4.61. The van der Waals surface area contributed by atoms with Gasteiger partial charge >= 0.3 is 0 Å². The van der Waals surface area contributed by atoms with E-state index >= 15 is 0 Å². The van der Waals surface area contributed by atoms with Crippen molar-refractivity contribution in [3.05, 3.63) is 55.0 Å². The van der Waals surface area contributed by atoms with Crippen molar-refractivity contribution >= 4 is 22.8 Å². The maximum absolute atomic E-state index is 4.49. The lowest BCUT2D eigenvalue weighted by atomic mass is 10.2. The standard InChI is InChI=1S/C15H12N4S/c1-2-4-10(5-3-1)20-11-6-12-13(14-9-18-19-14)8-17-15(12)16-7-11/h1-9,18-19H,(H,16,17). The van der Waals surface area contributed by atoms with Crippen LogP contribution in [0.5, 0.6) is 0 Å². The van der Waals surface area contributed by atoms with Gasteiger partial charge in [-0.2, -0.15) is 0 Å². The van der Waals surface area contributed by atoms with Gasteiger partial charge in [0.15, 0.2) is 0 Å². The quantitative estimate of drug-likeness (QED) is 0.530. The van der Waals surface area contributed by atoms with Crippen LogP contribution in [-0.4, -0.2) is 20.2 Å². The average Bonchev–Trinajstić information content (AvgIpc) is 2.82. The van der Waals surface area contributed by atoms with Gasteiger partial charge in [0.25, 0.3) is 0 Å². The summed E-state index contributed by atoms with van der Waals surface area (Å²) in [5, 5.41) is 7.11. The number of nitrogens with one attached hydrogen (secondary N) is 3. The highest BCUT2D eigenvalue weighted by molar-refractivity contribution is 7.99. The molecule has 5 heteroatoms. The summed E-state index contributed by atoms with van der Waals surface area (Å²) in [6.45, 7) is 0. The minimum absolute atomic E-state index is 0.909. The van der Waals surface area contributed by atoms with Crippen LogP contribution < -0.4 is 0 Å². The number of aromatic amines is 3. The number of pyridine rings is 1. The van der Waals surface area contributed by atoms with E-state index in [1.165, 1.54) is 4.90 Å². The van der Waals surface area contributed by atoms with Gasteiger partial charge in [-0.3, -0.25) is 5.10 Å².